The fourth-order valence-electron chi connectivity index (χ4n) is 1.78. The van der Waals surface area contributed by atoms with Crippen molar-refractivity contribution in [2.75, 3.05) is 11.3 Å². The molecular weight excluding hydrogens is 294 g/mol. The van der Waals surface area contributed by atoms with Gasteiger partial charge in [0.05, 0.1) is 25.0 Å². The van der Waals surface area contributed by atoms with Gasteiger partial charge in [0, 0.05) is 12.1 Å². The molecule has 0 saturated carbocycles. The minimum absolute atomic E-state index is 0.0665. The number of aromatic nitrogens is 1. The van der Waals surface area contributed by atoms with E-state index in [4.69, 9.17) is 14.9 Å². The predicted octanol–water partition coefficient (Wildman–Crippen LogP) is 1.64. The van der Waals surface area contributed by atoms with Crippen molar-refractivity contribution in [2.45, 2.75) is 25.3 Å². The van der Waals surface area contributed by atoms with Gasteiger partial charge < -0.3 is 14.9 Å². The van der Waals surface area contributed by atoms with Gasteiger partial charge in [-0.05, 0) is 19.9 Å². The molecule has 0 saturated heterocycles. The molecule has 0 spiro atoms. The molecule has 3 N–H and O–H groups in total. The van der Waals surface area contributed by atoms with Crippen molar-refractivity contribution in [1.82, 2.24) is 4.98 Å². The quantitative estimate of drug-likeness (QED) is 0.839. The first-order chi connectivity index (χ1) is 9.96. The fourth-order valence-corrected chi connectivity index (χ4v) is 3.02. The molecule has 2 aromatic rings. The van der Waals surface area contributed by atoms with Crippen molar-refractivity contribution in [3.63, 3.8) is 0 Å². The summed E-state index contributed by atoms with van der Waals surface area (Å²) >= 11 is 0. The van der Waals surface area contributed by atoms with Crippen molar-refractivity contribution in [2.24, 2.45) is 5.73 Å². The van der Waals surface area contributed by atoms with E-state index in [0.717, 1.165) is 0 Å². The highest BCUT2D eigenvalue weighted by Crippen LogP contribution is 2.23. The lowest BCUT2D eigenvalue weighted by Gasteiger charge is -2.07. The molecular formula is C13H17N3O4S. The van der Waals surface area contributed by atoms with Gasteiger partial charge >= 0.3 is 0 Å². The van der Waals surface area contributed by atoms with Gasteiger partial charge in [-0.3, -0.25) is 4.72 Å². The van der Waals surface area contributed by atoms with Crippen molar-refractivity contribution in [3.05, 3.63) is 35.9 Å². The zero-order valence-electron chi connectivity index (χ0n) is 11.8. The van der Waals surface area contributed by atoms with Gasteiger partial charge in [0.2, 0.25) is 5.88 Å². The molecule has 0 fully saturated rings. The lowest BCUT2D eigenvalue weighted by Crippen LogP contribution is -2.13. The third-order valence-electron chi connectivity index (χ3n) is 2.69. The summed E-state index contributed by atoms with van der Waals surface area (Å²) in [5.41, 5.74) is 5.78. The SMILES string of the molecule is CCOc1ccc(NS(=O)(=O)c2cc(CN)oc2C)cn1. The van der Waals surface area contributed by atoms with Crippen molar-refractivity contribution < 1.29 is 17.6 Å². The van der Waals surface area contributed by atoms with Crippen LogP contribution in [0.25, 0.3) is 0 Å². The lowest BCUT2D eigenvalue weighted by molar-refractivity contribution is 0.327. The Hall–Kier alpha value is -2.06. The second kappa shape index (κ2) is 6.15. The maximum absolute atomic E-state index is 12.3. The highest BCUT2D eigenvalue weighted by molar-refractivity contribution is 7.92. The zero-order chi connectivity index (χ0) is 15.5. The summed E-state index contributed by atoms with van der Waals surface area (Å²) < 4.78 is 37.5. The predicted molar refractivity (Wildman–Crippen MR) is 77.6 cm³/mol. The summed E-state index contributed by atoms with van der Waals surface area (Å²) in [5.74, 6) is 1.14. The molecule has 0 aliphatic rings. The Kier molecular flexibility index (Phi) is 4.49. The molecule has 0 aliphatic heterocycles. The second-order valence-electron chi connectivity index (χ2n) is 4.26. The van der Waals surface area contributed by atoms with Crippen LogP contribution in [0.1, 0.15) is 18.4 Å². The first-order valence-corrected chi connectivity index (χ1v) is 7.85. The summed E-state index contributed by atoms with van der Waals surface area (Å²) in [6.45, 7) is 4.05. The first-order valence-electron chi connectivity index (χ1n) is 6.37. The van der Waals surface area contributed by atoms with Crippen molar-refractivity contribution in [3.8, 4) is 5.88 Å². The van der Waals surface area contributed by atoms with Crippen LogP contribution in [0.5, 0.6) is 5.88 Å². The minimum Gasteiger partial charge on any atom is -0.478 e. The molecule has 0 atom stereocenters. The highest BCUT2D eigenvalue weighted by Gasteiger charge is 2.21. The minimum atomic E-state index is -3.74. The topological polar surface area (TPSA) is 107 Å². The van der Waals surface area contributed by atoms with Crippen molar-refractivity contribution >= 4 is 15.7 Å². The molecule has 2 heterocycles. The normalized spacial score (nSPS) is 11.4. The van der Waals surface area contributed by atoms with Crippen LogP contribution < -0.4 is 15.2 Å². The maximum Gasteiger partial charge on any atom is 0.265 e. The smallest absolute Gasteiger partial charge is 0.265 e. The molecule has 8 heteroatoms. The van der Waals surface area contributed by atoms with E-state index in [0.29, 0.717) is 29.7 Å². The third kappa shape index (κ3) is 3.53. The zero-order valence-corrected chi connectivity index (χ0v) is 12.6. The van der Waals surface area contributed by atoms with Crippen molar-refractivity contribution in [1.29, 1.82) is 0 Å². The molecule has 0 aliphatic carbocycles. The Labute approximate surface area is 123 Å². The number of sulfonamides is 1. The molecule has 2 aromatic heterocycles. The Morgan fingerprint density at radius 1 is 1.43 bits per heavy atom. The number of hydrogen-bond donors (Lipinski definition) is 2. The second-order valence-corrected chi connectivity index (χ2v) is 5.91. The molecule has 2 rings (SSSR count). The number of rotatable bonds is 6. The summed E-state index contributed by atoms with van der Waals surface area (Å²) in [5, 5.41) is 0. The summed E-state index contributed by atoms with van der Waals surface area (Å²) in [7, 11) is -3.74. The maximum atomic E-state index is 12.3. The number of ether oxygens (including phenoxy) is 1. The van der Waals surface area contributed by atoms with E-state index in [1.807, 2.05) is 6.92 Å². The Balaban J connectivity index is 2.22. The number of nitrogens with two attached hydrogens (primary N) is 1. The molecule has 0 amide bonds. The lowest BCUT2D eigenvalue weighted by atomic mass is 10.4. The number of pyridine rings is 1. The van der Waals surface area contributed by atoms with Crippen LogP contribution in [0.15, 0.2) is 33.7 Å². The number of nitrogens with zero attached hydrogens (tertiary/aromatic N) is 1. The fraction of sp³-hybridized carbons (Fsp3) is 0.308. The average Bonchev–Trinajstić information content (AvgIpc) is 2.83. The molecule has 0 aromatic carbocycles. The molecule has 7 nitrogen and oxygen atoms in total. The molecule has 21 heavy (non-hydrogen) atoms. The van der Waals surface area contributed by atoms with Gasteiger partial charge in [-0.15, -0.1) is 0 Å². The largest absolute Gasteiger partial charge is 0.478 e. The number of furan rings is 1. The van der Waals surface area contributed by atoms with E-state index in [1.165, 1.54) is 12.3 Å². The third-order valence-corrected chi connectivity index (χ3v) is 4.18. The Morgan fingerprint density at radius 3 is 2.71 bits per heavy atom. The van der Waals surface area contributed by atoms with Gasteiger partial charge in [0.15, 0.2) is 0 Å². The van der Waals surface area contributed by atoms with Crippen LogP contribution in [0.2, 0.25) is 0 Å². The standard InChI is InChI=1S/C13H17N3O4S/c1-3-19-13-5-4-10(8-15-13)16-21(17,18)12-6-11(7-14)20-9(12)2/h4-6,8,16H,3,7,14H2,1-2H3. The van der Waals surface area contributed by atoms with Gasteiger partial charge in [-0.25, -0.2) is 13.4 Å². The van der Waals surface area contributed by atoms with Gasteiger partial charge in [0.25, 0.3) is 10.0 Å². The Bertz CT molecular complexity index is 708. The number of nitrogens with one attached hydrogen (secondary N) is 1. The Morgan fingerprint density at radius 2 is 2.19 bits per heavy atom. The van der Waals surface area contributed by atoms with Crippen LogP contribution >= 0.6 is 0 Å². The van der Waals surface area contributed by atoms with Crippen LogP contribution in [0.4, 0.5) is 5.69 Å². The van der Waals surface area contributed by atoms with E-state index < -0.39 is 10.0 Å². The summed E-state index contributed by atoms with van der Waals surface area (Å²) in [6, 6.07) is 4.59. The van der Waals surface area contributed by atoms with E-state index in [-0.39, 0.29) is 11.4 Å². The molecule has 0 bridgehead atoms. The van der Waals surface area contributed by atoms with Gasteiger partial charge in [-0.1, -0.05) is 0 Å². The molecule has 114 valence electrons. The van der Waals surface area contributed by atoms with Crippen LogP contribution in [-0.4, -0.2) is 20.0 Å². The van der Waals surface area contributed by atoms with E-state index in [9.17, 15) is 8.42 Å². The molecule has 0 unspecified atom stereocenters. The van der Waals surface area contributed by atoms with E-state index in [1.54, 1.807) is 19.1 Å². The van der Waals surface area contributed by atoms with E-state index in [2.05, 4.69) is 9.71 Å². The highest BCUT2D eigenvalue weighted by atomic mass is 32.2. The van der Waals surface area contributed by atoms with Crippen LogP contribution in [-0.2, 0) is 16.6 Å². The molecule has 0 radical (unpaired) electrons. The average molecular weight is 311 g/mol. The number of anilines is 1. The van der Waals surface area contributed by atoms with Gasteiger partial charge in [0.1, 0.15) is 16.4 Å². The van der Waals surface area contributed by atoms with Crippen LogP contribution in [0.3, 0.4) is 0 Å². The summed E-state index contributed by atoms with van der Waals surface area (Å²) in [4.78, 5) is 4.06. The summed E-state index contributed by atoms with van der Waals surface area (Å²) in [6.07, 6.45) is 1.39. The van der Waals surface area contributed by atoms with E-state index >= 15 is 0 Å². The number of hydrogen-bond acceptors (Lipinski definition) is 6. The monoisotopic (exact) mass is 311 g/mol. The first kappa shape index (κ1) is 15.3. The van der Waals surface area contributed by atoms with Crippen LogP contribution in [0, 0.1) is 6.92 Å². The van der Waals surface area contributed by atoms with Gasteiger partial charge in [-0.2, -0.15) is 0 Å². The number of aryl methyl sites for hydroxylation is 1.